The zero-order chi connectivity index (χ0) is 24.3. The van der Waals surface area contributed by atoms with Crippen molar-refractivity contribution < 1.29 is 22.7 Å². The fourth-order valence-corrected chi connectivity index (χ4v) is 5.50. The zero-order valence-corrected chi connectivity index (χ0v) is 19.6. The number of piperazine rings is 1. The van der Waals surface area contributed by atoms with Crippen LogP contribution in [-0.4, -0.2) is 67.2 Å². The molecule has 178 valence electrons. The lowest BCUT2D eigenvalue weighted by molar-refractivity contribution is -0.134. The number of aromatic nitrogens is 1. The number of pyridine rings is 1. The number of benzene rings is 2. The molecule has 3 aromatic rings. The van der Waals surface area contributed by atoms with Gasteiger partial charge in [0.2, 0.25) is 15.9 Å². The second-order valence-corrected chi connectivity index (χ2v) is 10.1. The Bertz CT molecular complexity index is 1320. The maximum atomic E-state index is 13.3. The largest absolute Gasteiger partial charge is 0.484 e. The molecular weight excluding hydrogens is 456 g/mol. The van der Waals surface area contributed by atoms with Crippen LogP contribution < -0.4 is 10.5 Å². The van der Waals surface area contributed by atoms with Crippen molar-refractivity contribution in [3.8, 4) is 5.75 Å². The van der Waals surface area contributed by atoms with Crippen LogP contribution in [0.2, 0.25) is 0 Å². The molecule has 1 aliphatic rings. The van der Waals surface area contributed by atoms with Crippen molar-refractivity contribution in [3.05, 3.63) is 65.9 Å². The average Bonchev–Trinajstić information content (AvgIpc) is 2.82. The third kappa shape index (κ3) is 5.18. The number of fused-ring (bicyclic) bond motifs is 1. The Morgan fingerprint density at radius 2 is 1.76 bits per heavy atom. The molecule has 4 rings (SSSR count). The van der Waals surface area contributed by atoms with Crippen molar-refractivity contribution in [1.29, 1.82) is 0 Å². The quantitative estimate of drug-likeness (QED) is 0.544. The lowest BCUT2D eigenvalue weighted by atomic mass is 10.1. The molecule has 2 N–H and O–H groups in total. The maximum absolute atomic E-state index is 13.3. The molecule has 2 amide bonds. The monoisotopic (exact) mass is 482 g/mol. The van der Waals surface area contributed by atoms with Crippen LogP contribution in [0, 0.1) is 6.92 Å². The molecule has 0 saturated carbocycles. The van der Waals surface area contributed by atoms with Gasteiger partial charge >= 0.3 is 0 Å². The number of rotatable bonds is 7. The lowest BCUT2D eigenvalue weighted by Crippen LogP contribution is -2.51. The van der Waals surface area contributed by atoms with Crippen molar-refractivity contribution in [2.75, 3.05) is 32.8 Å². The summed E-state index contributed by atoms with van der Waals surface area (Å²) in [5, 5.41) is 0.773. The fraction of sp³-hybridized carbons (Fsp3) is 0.292. The number of primary amides is 1. The van der Waals surface area contributed by atoms with Gasteiger partial charge in [-0.2, -0.15) is 4.31 Å². The summed E-state index contributed by atoms with van der Waals surface area (Å²) in [5.41, 5.74) is 7.34. The highest BCUT2D eigenvalue weighted by Gasteiger charge is 2.31. The number of amides is 2. The molecule has 0 aliphatic carbocycles. The first-order valence-electron chi connectivity index (χ1n) is 10.9. The zero-order valence-electron chi connectivity index (χ0n) is 18.8. The van der Waals surface area contributed by atoms with E-state index in [1.807, 2.05) is 19.1 Å². The number of carbonyl (C=O) groups excluding carboxylic acids is 2. The highest BCUT2D eigenvalue weighted by Crippen LogP contribution is 2.25. The predicted molar refractivity (Wildman–Crippen MR) is 127 cm³/mol. The Hall–Kier alpha value is -3.50. The summed E-state index contributed by atoms with van der Waals surface area (Å²) in [6.45, 7) is 2.68. The molecule has 0 unspecified atom stereocenters. The summed E-state index contributed by atoms with van der Waals surface area (Å²) < 4.78 is 33.5. The summed E-state index contributed by atoms with van der Waals surface area (Å²) in [6, 6.07) is 13.8. The molecule has 1 fully saturated rings. The van der Waals surface area contributed by atoms with E-state index >= 15 is 0 Å². The summed E-state index contributed by atoms with van der Waals surface area (Å²) in [4.78, 5) is 29.7. The second-order valence-electron chi connectivity index (χ2n) is 8.20. The molecule has 0 atom stereocenters. The SMILES string of the molecule is Cc1cnc2c(S(=O)(=O)N3CCN(C(=O)COc4ccc(CC(N)=O)cc4)CC3)cccc2c1. The number of sulfonamides is 1. The molecule has 1 aliphatic heterocycles. The minimum Gasteiger partial charge on any atom is -0.484 e. The van der Waals surface area contributed by atoms with Gasteiger partial charge in [0.1, 0.15) is 10.6 Å². The molecule has 2 aromatic carbocycles. The van der Waals surface area contributed by atoms with Gasteiger partial charge in [0.25, 0.3) is 5.91 Å². The van der Waals surface area contributed by atoms with Crippen LogP contribution in [0.3, 0.4) is 0 Å². The van der Waals surface area contributed by atoms with Gasteiger partial charge in [-0.3, -0.25) is 14.6 Å². The van der Waals surface area contributed by atoms with Gasteiger partial charge in [0.15, 0.2) is 6.61 Å². The molecule has 10 heteroatoms. The van der Waals surface area contributed by atoms with Crippen molar-refractivity contribution in [2.24, 2.45) is 5.73 Å². The summed E-state index contributed by atoms with van der Waals surface area (Å²) in [7, 11) is -3.75. The van der Waals surface area contributed by atoms with Crippen LogP contribution >= 0.6 is 0 Å². The van der Waals surface area contributed by atoms with Crippen LogP contribution in [-0.2, 0) is 26.0 Å². The van der Waals surface area contributed by atoms with E-state index in [9.17, 15) is 18.0 Å². The van der Waals surface area contributed by atoms with Crippen molar-refractivity contribution in [3.63, 3.8) is 0 Å². The highest BCUT2D eigenvalue weighted by molar-refractivity contribution is 7.89. The maximum Gasteiger partial charge on any atom is 0.260 e. The number of hydrogen-bond acceptors (Lipinski definition) is 6. The second kappa shape index (κ2) is 9.78. The first-order valence-corrected chi connectivity index (χ1v) is 12.3. The Morgan fingerprint density at radius 3 is 2.44 bits per heavy atom. The normalized spacial score (nSPS) is 14.8. The smallest absolute Gasteiger partial charge is 0.260 e. The first-order chi connectivity index (χ1) is 16.2. The number of nitrogens with zero attached hydrogens (tertiary/aromatic N) is 3. The topological polar surface area (TPSA) is 123 Å². The molecule has 0 spiro atoms. The molecule has 0 bridgehead atoms. The molecule has 34 heavy (non-hydrogen) atoms. The lowest BCUT2D eigenvalue weighted by Gasteiger charge is -2.34. The van der Waals surface area contributed by atoms with Gasteiger partial charge in [-0.1, -0.05) is 24.3 Å². The van der Waals surface area contributed by atoms with Crippen molar-refractivity contribution >= 4 is 32.7 Å². The number of carbonyl (C=O) groups is 2. The molecule has 9 nitrogen and oxygen atoms in total. The predicted octanol–water partition coefficient (Wildman–Crippen LogP) is 1.48. The molecule has 1 saturated heterocycles. The summed E-state index contributed by atoms with van der Waals surface area (Å²) >= 11 is 0. The number of aryl methyl sites for hydroxylation is 1. The Balaban J connectivity index is 1.35. The van der Waals surface area contributed by atoms with Crippen molar-refractivity contribution in [2.45, 2.75) is 18.2 Å². The van der Waals surface area contributed by atoms with Gasteiger partial charge in [0, 0.05) is 37.8 Å². The van der Waals surface area contributed by atoms with Gasteiger partial charge in [-0.25, -0.2) is 8.42 Å². The number of ether oxygens (including phenoxy) is 1. The average molecular weight is 483 g/mol. The molecule has 2 heterocycles. The van der Waals surface area contributed by atoms with E-state index < -0.39 is 15.9 Å². The standard InChI is InChI=1S/C24H26N4O5S/c1-17-13-19-3-2-4-21(24(19)26-15-17)34(31,32)28-11-9-27(10-12-28)23(30)16-33-20-7-5-18(6-8-20)14-22(25)29/h2-8,13,15H,9-12,14,16H2,1H3,(H2,25,29). The van der Waals surface area contributed by atoms with E-state index in [1.165, 1.54) is 4.31 Å². The molecule has 1 aromatic heterocycles. The van der Waals surface area contributed by atoms with E-state index in [0.29, 0.717) is 11.3 Å². The Morgan fingerprint density at radius 1 is 1.06 bits per heavy atom. The van der Waals surface area contributed by atoms with E-state index in [4.69, 9.17) is 10.5 Å². The van der Waals surface area contributed by atoms with E-state index in [0.717, 1.165) is 16.5 Å². The van der Waals surface area contributed by atoms with Crippen LogP contribution in [0.15, 0.2) is 59.6 Å². The van der Waals surface area contributed by atoms with E-state index in [-0.39, 0.29) is 50.0 Å². The first kappa shape index (κ1) is 23.7. The van der Waals surface area contributed by atoms with E-state index in [2.05, 4.69) is 4.98 Å². The molecule has 0 radical (unpaired) electrons. The van der Waals surface area contributed by atoms with Gasteiger partial charge in [-0.15, -0.1) is 0 Å². The van der Waals surface area contributed by atoms with Gasteiger partial charge in [0.05, 0.1) is 11.9 Å². The summed E-state index contributed by atoms with van der Waals surface area (Å²) in [5.74, 6) is -0.140. The highest BCUT2D eigenvalue weighted by atomic mass is 32.2. The Kier molecular flexibility index (Phi) is 6.80. The Labute approximate surface area is 198 Å². The van der Waals surface area contributed by atoms with Gasteiger partial charge < -0.3 is 15.4 Å². The minimum absolute atomic E-state index is 0.140. The third-order valence-electron chi connectivity index (χ3n) is 5.68. The van der Waals surface area contributed by atoms with Gasteiger partial charge in [-0.05, 0) is 42.3 Å². The summed E-state index contributed by atoms with van der Waals surface area (Å²) in [6.07, 6.45) is 1.80. The number of hydrogen-bond donors (Lipinski definition) is 1. The molecular formula is C24H26N4O5S. The van der Waals surface area contributed by atoms with E-state index in [1.54, 1.807) is 47.5 Å². The number of nitrogens with two attached hydrogens (primary N) is 1. The van der Waals surface area contributed by atoms with Crippen LogP contribution in [0.25, 0.3) is 10.9 Å². The number of para-hydroxylation sites is 1. The van der Waals surface area contributed by atoms with Crippen LogP contribution in [0.5, 0.6) is 5.75 Å². The fourth-order valence-electron chi connectivity index (χ4n) is 3.91. The van der Waals surface area contributed by atoms with Crippen LogP contribution in [0.1, 0.15) is 11.1 Å². The minimum atomic E-state index is -3.75. The third-order valence-corrected chi connectivity index (χ3v) is 7.61. The van der Waals surface area contributed by atoms with Crippen molar-refractivity contribution in [1.82, 2.24) is 14.2 Å². The van der Waals surface area contributed by atoms with Crippen LogP contribution in [0.4, 0.5) is 0 Å².